The van der Waals surface area contributed by atoms with Crippen molar-refractivity contribution in [2.75, 3.05) is 0 Å². The fourth-order valence-corrected chi connectivity index (χ4v) is 0.486. The van der Waals surface area contributed by atoms with Crippen LogP contribution in [0.2, 0.25) is 0 Å². The highest BCUT2D eigenvalue weighted by Gasteiger charge is 1.82. The summed E-state index contributed by atoms with van der Waals surface area (Å²) in [6.07, 6.45) is 2.03. The second kappa shape index (κ2) is 2.84. The third kappa shape index (κ3) is 5.74. The molecule has 0 aliphatic heterocycles. The van der Waals surface area contributed by atoms with Gasteiger partial charge < -0.3 is 0 Å². The van der Waals surface area contributed by atoms with Gasteiger partial charge in [-0.05, 0) is 26.7 Å². The van der Waals surface area contributed by atoms with Crippen molar-refractivity contribution in [1.29, 1.82) is 0 Å². The summed E-state index contributed by atoms with van der Waals surface area (Å²) in [6, 6.07) is 0. The molecule has 0 saturated heterocycles. The lowest BCUT2D eigenvalue weighted by molar-refractivity contribution is 0.926. The summed E-state index contributed by atoms with van der Waals surface area (Å²) in [6.45, 7) is 11.5. The lowest BCUT2D eigenvalue weighted by atomic mass is 10.1. The Bertz CT molecular complexity index is 64.1. The Morgan fingerprint density at radius 2 is 2.14 bits per heavy atom. The highest BCUT2D eigenvalue weighted by atomic mass is 13.9. The Balaban J connectivity index is 3.45. The van der Waals surface area contributed by atoms with Gasteiger partial charge in [0.2, 0.25) is 0 Å². The molecule has 1 atom stereocenters. The van der Waals surface area contributed by atoms with Gasteiger partial charge in [-0.2, -0.15) is 0 Å². The Hall–Kier alpha value is -0.260. The summed E-state index contributed by atoms with van der Waals surface area (Å²) >= 11 is 0. The van der Waals surface area contributed by atoms with Crippen LogP contribution in [0.4, 0.5) is 0 Å². The average Bonchev–Trinajstić information content (AvgIpc) is 1.27. The second-order valence-corrected chi connectivity index (χ2v) is 1.99. The fourth-order valence-electron chi connectivity index (χ4n) is 0.486. The smallest absolute Gasteiger partial charge is 0.0259 e. The lowest BCUT2D eigenvalue weighted by Gasteiger charge is -1.92. The van der Waals surface area contributed by atoms with Gasteiger partial charge in [0.05, 0.1) is 0 Å². The topological polar surface area (TPSA) is 0 Å². The molecular formula is C7H12. The van der Waals surface area contributed by atoms with E-state index in [9.17, 15) is 0 Å². The van der Waals surface area contributed by atoms with Crippen LogP contribution in [0.15, 0.2) is 11.6 Å². The third-order valence-corrected chi connectivity index (χ3v) is 0.569. The first-order valence-corrected chi connectivity index (χ1v) is 2.46. The van der Waals surface area contributed by atoms with E-state index in [1.807, 2.05) is 19.9 Å². The van der Waals surface area contributed by atoms with Crippen LogP contribution in [0.3, 0.4) is 0 Å². The first kappa shape index (κ1) is 6.74. The molecule has 0 aromatic carbocycles. The first-order chi connectivity index (χ1) is 3.13. The molecule has 0 amide bonds. The highest BCUT2D eigenvalue weighted by molar-refractivity contribution is 5.03. The second-order valence-electron chi connectivity index (χ2n) is 1.99. The van der Waals surface area contributed by atoms with E-state index in [0.717, 1.165) is 5.57 Å². The molecule has 40 valence electrons. The van der Waals surface area contributed by atoms with E-state index in [0.29, 0.717) is 5.92 Å². The SMILES string of the molecule is [CH2]C(C)=CC([CH2])C. The van der Waals surface area contributed by atoms with Crippen LogP contribution < -0.4 is 0 Å². The van der Waals surface area contributed by atoms with E-state index in [4.69, 9.17) is 0 Å². The van der Waals surface area contributed by atoms with E-state index in [1.165, 1.54) is 0 Å². The first-order valence-electron chi connectivity index (χ1n) is 2.46. The summed E-state index contributed by atoms with van der Waals surface area (Å²) < 4.78 is 0. The Kier molecular flexibility index (Phi) is 2.73. The summed E-state index contributed by atoms with van der Waals surface area (Å²) in [5.74, 6) is 0.400. The van der Waals surface area contributed by atoms with Crippen LogP contribution in [-0.4, -0.2) is 0 Å². The molecule has 0 aromatic heterocycles. The summed E-state index contributed by atoms with van der Waals surface area (Å²) in [5.41, 5.74) is 1.10. The maximum absolute atomic E-state index is 3.76. The maximum Gasteiger partial charge on any atom is -0.0259 e. The molecule has 0 N–H and O–H groups in total. The Labute approximate surface area is 46.2 Å². The molecular weight excluding hydrogens is 84.1 g/mol. The van der Waals surface area contributed by atoms with Gasteiger partial charge in [0.15, 0.2) is 0 Å². The van der Waals surface area contributed by atoms with Crippen molar-refractivity contribution in [3.05, 3.63) is 25.5 Å². The summed E-state index contributed by atoms with van der Waals surface area (Å²) in [7, 11) is 0. The molecule has 0 heterocycles. The molecule has 0 saturated carbocycles. The average molecular weight is 96.2 g/mol. The van der Waals surface area contributed by atoms with Crippen LogP contribution in [-0.2, 0) is 0 Å². The molecule has 0 rings (SSSR count). The molecule has 0 fully saturated rings. The lowest BCUT2D eigenvalue weighted by Crippen LogP contribution is -1.78. The number of hydrogen-bond acceptors (Lipinski definition) is 0. The normalized spacial score (nSPS) is 13.0. The molecule has 0 aliphatic rings. The van der Waals surface area contributed by atoms with Crippen molar-refractivity contribution in [3.63, 3.8) is 0 Å². The summed E-state index contributed by atoms with van der Waals surface area (Å²) in [5, 5.41) is 0. The van der Waals surface area contributed by atoms with Crippen LogP contribution in [0.25, 0.3) is 0 Å². The molecule has 1 unspecified atom stereocenters. The molecule has 0 spiro atoms. The van der Waals surface area contributed by atoms with E-state index in [2.05, 4.69) is 13.8 Å². The number of rotatable bonds is 1. The predicted molar refractivity (Wildman–Crippen MR) is 33.6 cm³/mol. The molecule has 2 radical (unpaired) electrons. The van der Waals surface area contributed by atoms with E-state index in [-0.39, 0.29) is 0 Å². The minimum atomic E-state index is 0.400. The zero-order valence-corrected chi connectivity index (χ0v) is 5.07. The van der Waals surface area contributed by atoms with Gasteiger partial charge in [0.1, 0.15) is 0 Å². The van der Waals surface area contributed by atoms with Crippen LogP contribution in [0.1, 0.15) is 13.8 Å². The number of allylic oxidation sites excluding steroid dienone is 2. The van der Waals surface area contributed by atoms with E-state index >= 15 is 0 Å². The van der Waals surface area contributed by atoms with Gasteiger partial charge in [-0.15, -0.1) is 0 Å². The Morgan fingerprint density at radius 1 is 1.71 bits per heavy atom. The maximum atomic E-state index is 3.76. The van der Waals surface area contributed by atoms with Crippen molar-refractivity contribution < 1.29 is 0 Å². The van der Waals surface area contributed by atoms with Gasteiger partial charge in [-0.1, -0.05) is 18.6 Å². The molecule has 0 bridgehead atoms. The van der Waals surface area contributed by atoms with Crippen molar-refractivity contribution in [2.45, 2.75) is 13.8 Å². The quantitative estimate of drug-likeness (QED) is 0.469. The zero-order chi connectivity index (χ0) is 5.86. The molecule has 0 aromatic rings. The molecule has 0 heteroatoms. The Morgan fingerprint density at radius 3 is 2.14 bits per heavy atom. The van der Waals surface area contributed by atoms with Crippen LogP contribution in [0.5, 0.6) is 0 Å². The van der Waals surface area contributed by atoms with Crippen molar-refractivity contribution in [2.24, 2.45) is 5.92 Å². The van der Waals surface area contributed by atoms with E-state index in [1.54, 1.807) is 0 Å². The largest absolute Gasteiger partial charge is 0.0828 e. The predicted octanol–water partition coefficient (Wildman–Crippen LogP) is 2.24. The third-order valence-electron chi connectivity index (χ3n) is 0.569. The van der Waals surface area contributed by atoms with Crippen molar-refractivity contribution >= 4 is 0 Å². The standard InChI is InChI=1S/C7H12/c1-6(2)5-7(3)4/h5-6H,1,3H2,2,4H3. The fraction of sp³-hybridized carbons (Fsp3) is 0.429. The van der Waals surface area contributed by atoms with Gasteiger partial charge in [0.25, 0.3) is 0 Å². The monoisotopic (exact) mass is 96.1 g/mol. The summed E-state index contributed by atoms with van der Waals surface area (Å²) in [4.78, 5) is 0. The van der Waals surface area contributed by atoms with Gasteiger partial charge in [-0.25, -0.2) is 0 Å². The molecule has 0 nitrogen and oxygen atoms in total. The zero-order valence-electron chi connectivity index (χ0n) is 5.07. The van der Waals surface area contributed by atoms with Gasteiger partial charge in [0, 0.05) is 0 Å². The van der Waals surface area contributed by atoms with Gasteiger partial charge >= 0.3 is 0 Å². The minimum Gasteiger partial charge on any atom is -0.0828 e. The van der Waals surface area contributed by atoms with Crippen LogP contribution >= 0.6 is 0 Å². The van der Waals surface area contributed by atoms with Crippen molar-refractivity contribution in [1.82, 2.24) is 0 Å². The molecule has 0 aliphatic carbocycles. The highest BCUT2D eigenvalue weighted by Crippen LogP contribution is 1.97. The minimum absolute atomic E-state index is 0.400. The van der Waals surface area contributed by atoms with Crippen LogP contribution in [0, 0.1) is 19.8 Å². The van der Waals surface area contributed by atoms with Crippen molar-refractivity contribution in [3.8, 4) is 0 Å². The molecule has 7 heavy (non-hydrogen) atoms. The van der Waals surface area contributed by atoms with E-state index < -0.39 is 0 Å². The number of hydrogen-bond donors (Lipinski definition) is 0. The van der Waals surface area contributed by atoms with Gasteiger partial charge in [-0.3, -0.25) is 0 Å².